The van der Waals surface area contributed by atoms with Gasteiger partial charge in [-0.1, -0.05) is 38.1 Å². The molecule has 2 N–H and O–H groups in total. The lowest BCUT2D eigenvalue weighted by atomic mass is 9.60. The number of ether oxygens (including phenoxy) is 1. The Morgan fingerprint density at radius 2 is 1.88 bits per heavy atom. The van der Waals surface area contributed by atoms with Crippen LogP contribution in [0.4, 0.5) is 4.79 Å². The van der Waals surface area contributed by atoms with Crippen molar-refractivity contribution in [1.82, 2.24) is 4.90 Å². The molecule has 0 radical (unpaired) electrons. The summed E-state index contributed by atoms with van der Waals surface area (Å²) in [5.74, 6) is 0.0192. The van der Waals surface area contributed by atoms with Crippen LogP contribution in [0.1, 0.15) is 64.7 Å². The van der Waals surface area contributed by atoms with Crippen molar-refractivity contribution in [3.05, 3.63) is 35.4 Å². The summed E-state index contributed by atoms with van der Waals surface area (Å²) in [6.07, 6.45) is 0.527. The van der Waals surface area contributed by atoms with Crippen molar-refractivity contribution in [2.75, 3.05) is 19.7 Å². The first kappa shape index (κ1) is 20.7. The summed E-state index contributed by atoms with van der Waals surface area (Å²) in [6.45, 7) is 10.9. The molecule has 26 heavy (non-hydrogen) atoms. The zero-order chi connectivity index (χ0) is 19.5. The number of rotatable bonds is 2. The first-order valence-corrected chi connectivity index (χ1v) is 9.62. The predicted molar refractivity (Wildman–Crippen MR) is 102 cm³/mol. The molecule has 1 fully saturated rings. The average Bonchev–Trinajstić information content (AvgIpc) is 2.56. The van der Waals surface area contributed by atoms with Gasteiger partial charge < -0.3 is 19.8 Å². The maximum Gasteiger partial charge on any atom is 0.410 e. The van der Waals surface area contributed by atoms with E-state index in [1.165, 1.54) is 0 Å². The second-order valence-corrected chi connectivity index (χ2v) is 8.13. The van der Waals surface area contributed by atoms with Gasteiger partial charge in [0.1, 0.15) is 5.60 Å². The summed E-state index contributed by atoms with van der Waals surface area (Å²) in [7, 11) is 0. The van der Waals surface area contributed by atoms with Crippen LogP contribution in [0, 0.1) is 5.92 Å². The Hall–Kier alpha value is -1.59. The highest BCUT2D eigenvalue weighted by Gasteiger charge is 2.53. The van der Waals surface area contributed by atoms with E-state index in [0.29, 0.717) is 19.5 Å². The SMILES string of the molecule is CC.CC(C)(C)OC(=O)N1CC2(CC(CCO)C(O)c3ccccc32)C1. The van der Waals surface area contributed by atoms with Crippen LogP contribution in [-0.2, 0) is 10.2 Å². The predicted octanol–water partition coefficient (Wildman–Crippen LogP) is 3.64. The molecule has 0 saturated carbocycles. The summed E-state index contributed by atoms with van der Waals surface area (Å²) in [5.41, 5.74) is 1.43. The topological polar surface area (TPSA) is 70.0 Å². The van der Waals surface area contributed by atoms with Crippen molar-refractivity contribution in [2.45, 2.75) is 64.6 Å². The highest BCUT2D eigenvalue weighted by molar-refractivity contribution is 5.70. The molecule has 1 aliphatic heterocycles. The minimum absolute atomic E-state index is 0.0192. The molecule has 1 amide bonds. The van der Waals surface area contributed by atoms with Gasteiger partial charge in [-0.25, -0.2) is 4.79 Å². The van der Waals surface area contributed by atoms with Crippen molar-refractivity contribution in [1.29, 1.82) is 0 Å². The molecule has 5 nitrogen and oxygen atoms in total. The third-order valence-electron chi connectivity index (χ3n) is 5.09. The molecule has 1 heterocycles. The number of benzene rings is 1. The van der Waals surface area contributed by atoms with E-state index in [4.69, 9.17) is 4.74 Å². The fourth-order valence-corrected chi connectivity index (χ4v) is 4.08. The van der Waals surface area contributed by atoms with Crippen LogP contribution in [-0.4, -0.2) is 46.5 Å². The number of hydrogen-bond donors (Lipinski definition) is 2. The molecule has 1 aliphatic carbocycles. The molecule has 1 spiro atoms. The number of hydrogen-bond acceptors (Lipinski definition) is 4. The number of nitrogens with zero attached hydrogens (tertiary/aromatic N) is 1. The minimum Gasteiger partial charge on any atom is -0.444 e. The molecule has 2 aliphatic rings. The fourth-order valence-electron chi connectivity index (χ4n) is 4.08. The number of carbonyl (C=O) groups is 1. The summed E-state index contributed by atoms with van der Waals surface area (Å²) in [6, 6.07) is 7.93. The Morgan fingerprint density at radius 3 is 2.46 bits per heavy atom. The third-order valence-corrected chi connectivity index (χ3v) is 5.09. The number of fused-ring (bicyclic) bond motifs is 2. The van der Waals surface area contributed by atoms with Crippen molar-refractivity contribution >= 4 is 6.09 Å². The van der Waals surface area contributed by atoms with Gasteiger partial charge >= 0.3 is 6.09 Å². The maximum absolute atomic E-state index is 12.3. The lowest BCUT2D eigenvalue weighted by Crippen LogP contribution is -2.64. The summed E-state index contributed by atoms with van der Waals surface area (Å²) in [5, 5.41) is 19.9. The van der Waals surface area contributed by atoms with Gasteiger partial charge in [0.25, 0.3) is 0 Å². The molecular weight excluding hydrogens is 330 g/mol. The molecule has 1 aromatic carbocycles. The van der Waals surface area contributed by atoms with Gasteiger partial charge in [-0.15, -0.1) is 0 Å². The van der Waals surface area contributed by atoms with Crippen LogP contribution in [0.2, 0.25) is 0 Å². The molecule has 3 rings (SSSR count). The Labute approximate surface area is 157 Å². The van der Waals surface area contributed by atoms with E-state index in [0.717, 1.165) is 17.5 Å². The summed E-state index contributed by atoms with van der Waals surface area (Å²) >= 11 is 0. The van der Waals surface area contributed by atoms with Gasteiger partial charge in [0, 0.05) is 25.1 Å². The van der Waals surface area contributed by atoms with Crippen molar-refractivity contribution in [3.63, 3.8) is 0 Å². The molecule has 1 aromatic rings. The van der Waals surface area contributed by atoms with E-state index in [1.54, 1.807) is 4.90 Å². The van der Waals surface area contributed by atoms with E-state index in [-0.39, 0.29) is 24.0 Å². The second-order valence-electron chi connectivity index (χ2n) is 8.13. The smallest absolute Gasteiger partial charge is 0.410 e. The molecule has 5 heteroatoms. The Balaban J connectivity index is 0.00000117. The van der Waals surface area contributed by atoms with Crippen molar-refractivity contribution in [2.24, 2.45) is 5.92 Å². The number of aliphatic hydroxyl groups excluding tert-OH is 2. The van der Waals surface area contributed by atoms with Gasteiger partial charge in [-0.2, -0.15) is 0 Å². The van der Waals surface area contributed by atoms with Crippen LogP contribution >= 0.6 is 0 Å². The molecular formula is C21H33NO4. The zero-order valence-corrected chi connectivity index (χ0v) is 16.7. The monoisotopic (exact) mass is 363 g/mol. The largest absolute Gasteiger partial charge is 0.444 e. The third kappa shape index (κ3) is 4.04. The van der Waals surface area contributed by atoms with Gasteiger partial charge in [0.15, 0.2) is 0 Å². The van der Waals surface area contributed by atoms with E-state index >= 15 is 0 Å². The van der Waals surface area contributed by atoms with E-state index in [2.05, 4.69) is 6.07 Å². The van der Waals surface area contributed by atoms with Crippen LogP contribution in [0.25, 0.3) is 0 Å². The number of likely N-dealkylation sites (tertiary alicyclic amines) is 1. The number of aliphatic hydroxyl groups is 2. The molecule has 2 atom stereocenters. The van der Waals surface area contributed by atoms with Crippen molar-refractivity contribution in [3.8, 4) is 0 Å². The van der Waals surface area contributed by atoms with Gasteiger partial charge in [-0.3, -0.25) is 0 Å². The quantitative estimate of drug-likeness (QED) is 0.842. The number of carbonyl (C=O) groups excluding carboxylic acids is 1. The lowest BCUT2D eigenvalue weighted by molar-refractivity contribution is -0.0329. The zero-order valence-electron chi connectivity index (χ0n) is 16.7. The minimum atomic E-state index is -0.547. The van der Waals surface area contributed by atoms with Crippen LogP contribution in [0.15, 0.2) is 24.3 Å². The Kier molecular flexibility index (Phi) is 6.35. The Morgan fingerprint density at radius 1 is 1.27 bits per heavy atom. The standard InChI is InChI=1S/C19H27NO4.C2H6/c1-18(2,3)24-17(23)20-11-19(12-20)10-13(8-9-21)16(22)14-6-4-5-7-15(14)19;1-2/h4-7,13,16,21-22H,8-12H2,1-3H3;1-2H3. The fraction of sp³-hybridized carbons (Fsp3) is 0.667. The first-order chi connectivity index (χ1) is 12.3. The van der Waals surface area contributed by atoms with Crippen molar-refractivity contribution < 1.29 is 19.7 Å². The van der Waals surface area contributed by atoms with Gasteiger partial charge in [0.2, 0.25) is 0 Å². The lowest BCUT2D eigenvalue weighted by Gasteiger charge is -2.55. The maximum atomic E-state index is 12.3. The molecule has 1 saturated heterocycles. The van der Waals surface area contributed by atoms with Gasteiger partial charge in [-0.05, 0) is 50.7 Å². The average molecular weight is 363 g/mol. The van der Waals surface area contributed by atoms with Gasteiger partial charge in [0.05, 0.1) is 6.10 Å². The highest BCUT2D eigenvalue weighted by atomic mass is 16.6. The molecule has 0 bridgehead atoms. The summed E-state index contributed by atoms with van der Waals surface area (Å²) < 4.78 is 5.46. The molecule has 2 unspecified atom stereocenters. The first-order valence-electron chi connectivity index (χ1n) is 9.62. The van der Waals surface area contributed by atoms with E-state index in [1.807, 2.05) is 52.8 Å². The summed E-state index contributed by atoms with van der Waals surface area (Å²) in [4.78, 5) is 14.0. The number of amides is 1. The van der Waals surface area contributed by atoms with Crippen LogP contribution < -0.4 is 0 Å². The normalized spacial score (nSPS) is 23.4. The highest BCUT2D eigenvalue weighted by Crippen LogP contribution is 2.50. The molecule has 0 aromatic heterocycles. The molecule has 146 valence electrons. The van der Waals surface area contributed by atoms with Crippen LogP contribution in [0.3, 0.4) is 0 Å². The van der Waals surface area contributed by atoms with E-state index in [9.17, 15) is 15.0 Å². The van der Waals surface area contributed by atoms with E-state index < -0.39 is 11.7 Å². The Bertz CT molecular complexity index is 617. The van der Waals surface area contributed by atoms with Crippen LogP contribution in [0.5, 0.6) is 0 Å². The second kappa shape index (κ2) is 7.97.